The number of carbonyl (C=O) groups is 1. The molecule has 7 nitrogen and oxygen atoms in total. The molecule has 1 aliphatic heterocycles. The van der Waals surface area contributed by atoms with E-state index in [0.29, 0.717) is 54.7 Å². The summed E-state index contributed by atoms with van der Waals surface area (Å²) in [6.07, 6.45) is 6.24. The van der Waals surface area contributed by atoms with Crippen molar-refractivity contribution in [1.82, 2.24) is 14.7 Å². The molecule has 1 amide bonds. The van der Waals surface area contributed by atoms with Crippen LogP contribution in [0.15, 0.2) is 65.6 Å². The van der Waals surface area contributed by atoms with E-state index in [0.717, 1.165) is 31.2 Å². The maximum Gasteiger partial charge on any atom is 0.316 e. The predicted octanol–water partition coefficient (Wildman–Crippen LogP) is 4.10. The lowest BCUT2D eigenvalue weighted by atomic mass is 10.1. The van der Waals surface area contributed by atoms with Crippen molar-refractivity contribution < 1.29 is 9.53 Å². The van der Waals surface area contributed by atoms with Gasteiger partial charge in [0.15, 0.2) is 0 Å². The van der Waals surface area contributed by atoms with Crippen molar-refractivity contribution in [3.63, 3.8) is 0 Å². The van der Waals surface area contributed by atoms with Crippen LogP contribution >= 0.6 is 11.6 Å². The van der Waals surface area contributed by atoms with Crippen LogP contribution in [0.5, 0.6) is 5.75 Å². The number of benzene rings is 2. The third kappa shape index (κ3) is 5.35. The van der Waals surface area contributed by atoms with Gasteiger partial charge in [0.2, 0.25) is 11.7 Å². The van der Waals surface area contributed by atoms with E-state index in [9.17, 15) is 9.59 Å². The lowest BCUT2D eigenvalue weighted by Gasteiger charge is -2.36. The average molecular weight is 493 g/mol. The number of piperazine rings is 1. The minimum absolute atomic E-state index is 0.0328. The summed E-state index contributed by atoms with van der Waals surface area (Å²) in [6.45, 7) is 2.41. The lowest BCUT2D eigenvalue weighted by Crippen LogP contribution is -2.49. The number of anilines is 1. The highest BCUT2D eigenvalue weighted by Gasteiger charge is 2.27. The van der Waals surface area contributed by atoms with Crippen LogP contribution in [-0.2, 0) is 11.2 Å². The molecule has 3 aromatic rings. The van der Waals surface area contributed by atoms with Crippen molar-refractivity contribution in [3.05, 3.63) is 81.7 Å². The second-order valence-electron chi connectivity index (χ2n) is 9.11. The maximum atomic E-state index is 13.5. The molecule has 2 aliphatic rings. The fraction of sp³-hybridized carbons (Fsp3) is 0.370. The first-order valence-electron chi connectivity index (χ1n) is 12.2. The summed E-state index contributed by atoms with van der Waals surface area (Å²) >= 11 is 6.15. The number of nitrogens with zero attached hydrogens (tertiary/aromatic N) is 4. The Morgan fingerprint density at radius 3 is 2.46 bits per heavy atom. The Hall–Kier alpha value is -3.32. The van der Waals surface area contributed by atoms with E-state index >= 15 is 0 Å². The first-order valence-corrected chi connectivity index (χ1v) is 12.6. The summed E-state index contributed by atoms with van der Waals surface area (Å²) in [6, 6.07) is 16.9. The number of ether oxygens (including phenoxy) is 1. The summed E-state index contributed by atoms with van der Waals surface area (Å²) in [5.41, 5.74) is 2.01. The summed E-state index contributed by atoms with van der Waals surface area (Å²) < 4.78 is 7.65. The van der Waals surface area contributed by atoms with Gasteiger partial charge in [-0.15, -0.1) is 0 Å². The Bertz CT molecular complexity index is 1230. The topological polar surface area (TPSA) is 67.7 Å². The highest BCUT2D eigenvalue weighted by molar-refractivity contribution is 6.30. The molecule has 1 saturated heterocycles. The van der Waals surface area contributed by atoms with Crippen molar-refractivity contribution in [2.75, 3.05) is 31.1 Å². The largest absolute Gasteiger partial charge is 0.483 e. The van der Waals surface area contributed by atoms with Crippen molar-refractivity contribution in [2.45, 2.75) is 38.2 Å². The van der Waals surface area contributed by atoms with Gasteiger partial charge in [0.05, 0.1) is 24.4 Å². The number of rotatable bonds is 6. The molecular formula is C27H29ClN4O3. The van der Waals surface area contributed by atoms with Crippen molar-refractivity contribution in [2.24, 2.45) is 0 Å². The molecule has 0 atom stereocenters. The van der Waals surface area contributed by atoms with E-state index in [4.69, 9.17) is 16.3 Å². The number of hydrogen-bond acceptors (Lipinski definition) is 5. The third-order valence-corrected chi connectivity index (χ3v) is 6.96. The molecule has 2 heterocycles. The van der Waals surface area contributed by atoms with Crippen LogP contribution < -0.4 is 15.2 Å². The highest BCUT2D eigenvalue weighted by atomic mass is 35.5. The molecule has 0 unspecified atom stereocenters. The van der Waals surface area contributed by atoms with Gasteiger partial charge in [0, 0.05) is 31.2 Å². The SMILES string of the molecule is O=C(Cc1ccccc1)N1CCN(c2cnn(-c3cccc(Cl)c3)c(=O)c2OC2CCCC2)CC1. The van der Waals surface area contributed by atoms with E-state index in [1.807, 2.05) is 35.2 Å². The molecule has 2 aromatic carbocycles. The normalized spacial score (nSPS) is 16.5. The van der Waals surface area contributed by atoms with Crippen LogP contribution in [0.3, 0.4) is 0 Å². The fourth-order valence-corrected chi connectivity index (χ4v) is 4.99. The number of aromatic nitrogens is 2. The summed E-state index contributed by atoms with van der Waals surface area (Å²) in [4.78, 5) is 30.3. The van der Waals surface area contributed by atoms with E-state index < -0.39 is 0 Å². The second kappa shape index (κ2) is 10.5. The summed E-state index contributed by atoms with van der Waals surface area (Å²) in [5, 5.41) is 4.99. The van der Waals surface area contributed by atoms with Crippen LogP contribution in [0.2, 0.25) is 5.02 Å². The zero-order valence-electron chi connectivity index (χ0n) is 19.6. The Morgan fingerprint density at radius 1 is 1.00 bits per heavy atom. The van der Waals surface area contributed by atoms with Crippen LogP contribution in [0.25, 0.3) is 5.69 Å². The molecule has 182 valence electrons. The maximum absolute atomic E-state index is 13.5. The van der Waals surface area contributed by atoms with Crippen LogP contribution in [0.4, 0.5) is 5.69 Å². The Morgan fingerprint density at radius 2 is 1.74 bits per heavy atom. The van der Waals surface area contributed by atoms with Gasteiger partial charge in [0.1, 0.15) is 5.69 Å². The number of hydrogen-bond donors (Lipinski definition) is 0. The molecule has 1 saturated carbocycles. The van der Waals surface area contributed by atoms with Gasteiger partial charge in [0.25, 0.3) is 0 Å². The Balaban J connectivity index is 1.36. The Labute approximate surface area is 209 Å². The second-order valence-corrected chi connectivity index (χ2v) is 9.55. The first-order chi connectivity index (χ1) is 17.1. The van der Waals surface area contributed by atoms with Gasteiger partial charge in [-0.2, -0.15) is 9.78 Å². The van der Waals surface area contributed by atoms with E-state index in [2.05, 4.69) is 10.00 Å². The minimum Gasteiger partial charge on any atom is -0.483 e. The summed E-state index contributed by atoms with van der Waals surface area (Å²) in [7, 11) is 0. The average Bonchev–Trinajstić information content (AvgIpc) is 3.39. The van der Waals surface area contributed by atoms with Gasteiger partial charge in [-0.1, -0.05) is 48.0 Å². The molecule has 0 radical (unpaired) electrons. The molecule has 5 rings (SSSR count). The monoisotopic (exact) mass is 492 g/mol. The predicted molar refractivity (Wildman–Crippen MR) is 137 cm³/mol. The minimum atomic E-state index is -0.292. The van der Waals surface area contributed by atoms with Crippen LogP contribution in [0.1, 0.15) is 31.2 Å². The molecule has 0 spiro atoms. The van der Waals surface area contributed by atoms with Crippen LogP contribution in [-0.4, -0.2) is 52.9 Å². The molecule has 1 aliphatic carbocycles. The number of carbonyl (C=O) groups excluding carboxylic acids is 1. The smallest absolute Gasteiger partial charge is 0.316 e. The van der Waals surface area contributed by atoms with Crippen LogP contribution in [0, 0.1) is 0 Å². The molecule has 0 bridgehead atoms. The molecule has 0 N–H and O–H groups in total. The fourth-order valence-electron chi connectivity index (χ4n) is 4.81. The Kier molecular flexibility index (Phi) is 7.04. The molecule has 8 heteroatoms. The molecular weight excluding hydrogens is 464 g/mol. The number of halogens is 1. The molecule has 2 fully saturated rings. The standard InChI is InChI=1S/C27H29ClN4O3/c28-21-9-6-10-22(18-21)32-27(34)26(35-23-11-4-5-12-23)24(19-29-32)30-13-15-31(16-14-30)25(33)17-20-7-2-1-3-8-20/h1-3,6-10,18-19,23H,4-5,11-17H2. The molecule has 1 aromatic heterocycles. The van der Waals surface area contributed by atoms with E-state index in [1.165, 1.54) is 4.68 Å². The lowest BCUT2D eigenvalue weighted by molar-refractivity contribution is -0.130. The molecule has 35 heavy (non-hydrogen) atoms. The summed E-state index contributed by atoms with van der Waals surface area (Å²) in [5.74, 6) is 0.448. The van der Waals surface area contributed by atoms with E-state index in [-0.39, 0.29) is 17.6 Å². The van der Waals surface area contributed by atoms with Crippen molar-refractivity contribution in [3.8, 4) is 11.4 Å². The number of amides is 1. The zero-order chi connectivity index (χ0) is 24.2. The van der Waals surface area contributed by atoms with Gasteiger partial charge in [-0.3, -0.25) is 9.59 Å². The van der Waals surface area contributed by atoms with Crippen molar-refractivity contribution >= 4 is 23.2 Å². The quantitative estimate of drug-likeness (QED) is 0.518. The first kappa shape index (κ1) is 23.4. The van der Waals surface area contributed by atoms with E-state index in [1.54, 1.807) is 30.5 Å². The van der Waals surface area contributed by atoms with Gasteiger partial charge < -0.3 is 14.5 Å². The van der Waals surface area contributed by atoms with Gasteiger partial charge >= 0.3 is 5.56 Å². The van der Waals surface area contributed by atoms with Gasteiger partial charge in [-0.05, 0) is 49.4 Å². The van der Waals surface area contributed by atoms with Gasteiger partial charge in [-0.25, -0.2) is 0 Å². The zero-order valence-corrected chi connectivity index (χ0v) is 20.4. The third-order valence-electron chi connectivity index (χ3n) is 6.73. The van der Waals surface area contributed by atoms with Crippen molar-refractivity contribution in [1.29, 1.82) is 0 Å². The highest BCUT2D eigenvalue weighted by Crippen LogP contribution is 2.30.